The van der Waals surface area contributed by atoms with Gasteiger partial charge in [0, 0.05) is 12.1 Å². The van der Waals surface area contributed by atoms with Crippen molar-refractivity contribution < 1.29 is 14.6 Å². The molecule has 0 amide bonds. The second kappa shape index (κ2) is 8.80. The molecule has 1 heterocycles. The van der Waals surface area contributed by atoms with Crippen molar-refractivity contribution in [3.63, 3.8) is 0 Å². The zero-order valence-corrected chi connectivity index (χ0v) is 21.4. The molecule has 3 fully saturated rings. The lowest BCUT2D eigenvalue weighted by Gasteiger charge is -2.60. The number of hydrogen-bond donors (Lipinski definition) is 2. The van der Waals surface area contributed by atoms with E-state index in [1.54, 1.807) is 23.8 Å². The Bertz CT molecular complexity index is 1040. The van der Waals surface area contributed by atoms with Crippen LogP contribution in [0.3, 0.4) is 0 Å². The average molecular weight is 476 g/mol. The smallest absolute Gasteiger partial charge is 0.331 e. The van der Waals surface area contributed by atoms with E-state index >= 15 is 0 Å². The number of nitrogens with one attached hydrogen (secondary N) is 1. The summed E-state index contributed by atoms with van der Waals surface area (Å²) in [5.41, 5.74) is 4.93. The topological polar surface area (TPSA) is 58.6 Å². The van der Waals surface area contributed by atoms with Gasteiger partial charge in [0.25, 0.3) is 0 Å². The third-order valence-corrected chi connectivity index (χ3v) is 11.0. The minimum absolute atomic E-state index is 0.146. The molecule has 0 saturated heterocycles. The maximum atomic E-state index is 11.7. The Balaban J connectivity index is 1.09. The molecule has 1 aromatic carbocycles. The minimum atomic E-state index is -0.146. The van der Waals surface area contributed by atoms with E-state index < -0.39 is 0 Å². The van der Waals surface area contributed by atoms with Gasteiger partial charge in [-0.1, -0.05) is 37.6 Å². The molecule has 0 radical (unpaired) electrons. The van der Waals surface area contributed by atoms with Crippen LogP contribution < -0.4 is 5.32 Å². The van der Waals surface area contributed by atoms with E-state index in [1.807, 2.05) is 12.1 Å². The molecular weight excluding hydrogens is 434 g/mol. The second-order valence-corrected chi connectivity index (χ2v) is 12.6. The fourth-order valence-electron chi connectivity index (χ4n) is 9.01. The molecular formula is C31H41NO3. The largest absolute Gasteiger partial charge is 0.508 e. The quantitative estimate of drug-likeness (QED) is 0.408. The SMILES string of the molecule is C[C@]12CC[C@H](NCCc3ccc(O)cc3)C[C@H]1CC[C@H]1C3=CC[C@H](C4=CC(=O)OC4)[C@@]3(C)CC[C@@H]12. The normalized spacial score (nSPS) is 40.3. The number of rotatable bonds is 5. The van der Waals surface area contributed by atoms with Crippen LogP contribution in [0.1, 0.15) is 70.8 Å². The number of allylic oxidation sites excluding steroid dienone is 2. The molecule has 4 aliphatic carbocycles. The molecule has 0 spiro atoms. The second-order valence-electron chi connectivity index (χ2n) is 12.6. The summed E-state index contributed by atoms with van der Waals surface area (Å²) in [6.07, 6.45) is 15.7. The van der Waals surface area contributed by atoms with E-state index in [4.69, 9.17) is 4.74 Å². The fourth-order valence-corrected chi connectivity index (χ4v) is 9.01. The van der Waals surface area contributed by atoms with Gasteiger partial charge in [-0.3, -0.25) is 0 Å². The lowest BCUT2D eigenvalue weighted by molar-refractivity contribution is -0.135. The highest BCUT2D eigenvalue weighted by Crippen LogP contribution is 2.66. The fraction of sp³-hybridized carbons (Fsp3) is 0.645. The van der Waals surface area contributed by atoms with Crippen LogP contribution in [0.2, 0.25) is 0 Å². The maximum Gasteiger partial charge on any atom is 0.331 e. The Labute approximate surface area is 210 Å². The van der Waals surface area contributed by atoms with Crippen molar-refractivity contribution in [2.75, 3.05) is 13.2 Å². The summed E-state index contributed by atoms with van der Waals surface area (Å²) in [4.78, 5) is 11.7. The number of phenols is 1. The van der Waals surface area contributed by atoms with Gasteiger partial charge in [0.05, 0.1) is 0 Å². The molecule has 1 aromatic rings. The number of ether oxygens (including phenoxy) is 1. The number of carbonyl (C=O) groups is 1. The molecule has 0 aromatic heterocycles. The number of phenolic OH excluding ortho intramolecular Hbond substituents is 1. The summed E-state index contributed by atoms with van der Waals surface area (Å²) in [7, 11) is 0. The average Bonchev–Trinajstić information content (AvgIpc) is 3.42. The van der Waals surface area contributed by atoms with Crippen LogP contribution >= 0.6 is 0 Å². The minimum Gasteiger partial charge on any atom is -0.508 e. The van der Waals surface area contributed by atoms with Gasteiger partial charge < -0.3 is 15.2 Å². The van der Waals surface area contributed by atoms with E-state index in [9.17, 15) is 9.90 Å². The van der Waals surface area contributed by atoms with Crippen LogP contribution in [-0.4, -0.2) is 30.3 Å². The number of carbonyl (C=O) groups excluding carboxylic acids is 1. The Morgan fingerprint density at radius 3 is 2.69 bits per heavy atom. The molecule has 0 unspecified atom stereocenters. The molecule has 6 rings (SSSR count). The molecule has 35 heavy (non-hydrogen) atoms. The Morgan fingerprint density at radius 1 is 1.09 bits per heavy atom. The van der Waals surface area contributed by atoms with E-state index in [1.165, 1.54) is 56.1 Å². The van der Waals surface area contributed by atoms with Gasteiger partial charge in [-0.05, 0) is 122 Å². The number of esters is 1. The van der Waals surface area contributed by atoms with Crippen molar-refractivity contribution in [2.24, 2.45) is 34.5 Å². The first-order valence-electron chi connectivity index (χ1n) is 14.0. The maximum absolute atomic E-state index is 11.7. The van der Waals surface area contributed by atoms with Crippen molar-refractivity contribution in [3.8, 4) is 5.75 Å². The van der Waals surface area contributed by atoms with Crippen LogP contribution in [-0.2, 0) is 16.0 Å². The third kappa shape index (κ3) is 3.97. The van der Waals surface area contributed by atoms with Crippen LogP contribution in [0.5, 0.6) is 5.75 Å². The molecule has 188 valence electrons. The van der Waals surface area contributed by atoms with Crippen molar-refractivity contribution in [2.45, 2.75) is 77.7 Å². The number of hydrogen-bond acceptors (Lipinski definition) is 4. The molecule has 5 aliphatic rings. The van der Waals surface area contributed by atoms with Crippen LogP contribution in [0.4, 0.5) is 0 Å². The van der Waals surface area contributed by atoms with Crippen molar-refractivity contribution in [3.05, 3.63) is 53.1 Å². The van der Waals surface area contributed by atoms with E-state index in [2.05, 4.69) is 25.2 Å². The molecule has 4 nitrogen and oxygen atoms in total. The summed E-state index contributed by atoms with van der Waals surface area (Å²) in [6, 6.07) is 8.27. The third-order valence-electron chi connectivity index (χ3n) is 11.0. The Hall–Kier alpha value is -2.07. The first-order valence-corrected chi connectivity index (χ1v) is 14.0. The van der Waals surface area contributed by atoms with Crippen LogP contribution in [0.15, 0.2) is 47.6 Å². The molecule has 3 saturated carbocycles. The number of benzene rings is 1. The van der Waals surface area contributed by atoms with Crippen molar-refractivity contribution >= 4 is 5.97 Å². The predicted molar refractivity (Wildman–Crippen MR) is 138 cm³/mol. The summed E-state index contributed by atoms with van der Waals surface area (Å²) in [5.74, 6) is 3.03. The van der Waals surface area contributed by atoms with Crippen LogP contribution in [0, 0.1) is 34.5 Å². The first-order chi connectivity index (χ1) is 16.9. The van der Waals surface area contributed by atoms with Gasteiger partial charge in [0.2, 0.25) is 0 Å². The van der Waals surface area contributed by atoms with Crippen molar-refractivity contribution in [1.29, 1.82) is 0 Å². The first kappa shape index (κ1) is 23.3. The van der Waals surface area contributed by atoms with E-state index in [0.29, 0.717) is 29.7 Å². The van der Waals surface area contributed by atoms with E-state index in [0.717, 1.165) is 37.1 Å². The summed E-state index contributed by atoms with van der Waals surface area (Å²) in [6.45, 7) is 6.64. The molecule has 7 atom stereocenters. The Kier molecular flexibility index (Phi) is 5.86. The summed E-state index contributed by atoms with van der Waals surface area (Å²) >= 11 is 0. The lowest BCUT2D eigenvalue weighted by atomic mass is 9.45. The summed E-state index contributed by atoms with van der Waals surface area (Å²) < 4.78 is 5.29. The Morgan fingerprint density at radius 2 is 1.91 bits per heavy atom. The zero-order chi connectivity index (χ0) is 24.2. The van der Waals surface area contributed by atoms with Gasteiger partial charge in [-0.15, -0.1) is 0 Å². The van der Waals surface area contributed by atoms with Gasteiger partial charge in [0.15, 0.2) is 0 Å². The predicted octanol–water partition coefficient (Wildman–Crippen LogP) is 5.96. The monoisotopic (exact) mass is 475 g/mol. The molecule has 1 aliphatic heterocycles. The number of aromatic hydroxyl groups is 1. The standard InChI is InChI=1S/C31H41NO3/c1-30-14-11-23(32-16-13-20-3-6-24(33)7-4-20)18-22(30)5-8-25-27-10-9-26(21-17-29(34)35-19-21)31(27,2)15-12-28(25)30/h3-4,6-7,10,17,22-23,25-26,28,32-33H,5,8-9,11-16,18-19H2,1-2H3/t22-,23+,25+,26-,28+,30+,31-/m1/s1. The van der Waals surface area contributed by atoms with Gasteiger partial charge in [-0.2, -0.15) is 0 Å². The summed E-state index contributed by atoms with van der Waals surface area (Å²) in [5, 5.41) is 13.4. The highest BCUT2D eigenvalue weighted by molar-refractivity contribution is 5.85. The number of cyclic esters (lactones) is 1. The molecule has 0 bridgehead atoms. The highest BCUT2D eigenvalue weighted by Gasteiger charge is 2.58. The molecule has 4 heteroatoms. The van der Waals surface area contributed by atoms with Gasteiger partial charge in [-0.25, -0.2) is 4.79 Å². The zero-order valence-electron chi connectivity index (χ0n) is 21.4. The van der Waals surface area contributed by atoms with Crippen molar-refractivity contribution in [1.82, 2.24) is 5.32 Å². The lowest BCUT2D eigenvalue weighted by Crippen LogP contribution is -2.53. The van der Waals surface area contributed by atoms with Gasteiger partial charge in [0.1, 0.15) is 12.4 Å². The highest BCUT2D eigenvalue weighted by atomic mass is 16.5. The molecule has 2 N–H and O–H groups in total. The number of fused-ring (bicyclic) bond motifs is 5. The van der Waals surface area contributed by atoms with E-state index in [-0.39, 0.29) is 11.4 Å². The van der Waals surface area contributed by atoms with Gasteiger partial charge >= 0.3 is 5.97 Å². The van der Waals surface area contributed by atoms with Crippen LogP contribution in [0.25, 0.3) is 0 Å².